The van der Waals surface area contributed by atoms with Gasteiger partial charge < -0.3 is 56.4 Å². The van der Waals surface area contributed by atoms with E-state index in [4.69, 9.17) is 20.1 Å². The zero-order chi connectivity index (χ0) is 58.0. The van der Waals surface area contributed by atoms with Gasteiger partial charge in [-0.25, -0.2) is 19.4 Å². The van der Waals surface area contributed by atoms with Crippen molar-refractivity contribution in [3.05, 3.63) is 47.0 Å². The number of nitrogens with zero attached hydrogens (tertiary/aromatic N) is 8. The molecule has 28 nitrogen and oxygen atoms in total. The van der Waals surface area contributed by atoms with Gasteiger partial charge in [0.05, 0.1) is 32.1 Å². The number of benzene rings is 1. The molecule has 2 saturated heterocycles. The van der Waals surface area contributed by atoms with Gasteiger partial charge in [0.15, 0.2) is 0 Å². The minimum Gasteiger partial charge on any atom is -0.481 e. The Morgan fingerprint density at radius 3 is 1.58 bits per heavy atom. The fraction of sp³-hybridized carbons (Fsp3) is 0.627. The third-order valence-electron chi connectivity index (χ3n) is 13.6. The summed E-state index contributed by atoms with van der Waals surface area (Å²) in [5, 5.41) is 80.8. The molecule has 1 aromatic carbocycles. The van der Waals surface area contributed by atoms with Crippen molar-refractivity contribution in [1.82, 2.24) is 45.2 Å². The number of amides is 2. The molecule has 0 radical (unpaired) electrons. The standard InChI is InChI=1S/C51H74N10O18/c62-37(13-14-38(48(75)76)52-51(79)53-39(49(77)78)15-16-42(63)64)27-35(47(73)74)7-3-1-4-8-40-54-41(56-50(55-40)60-17-5-2-6-18-60)26-34-11-9-33(10-12-34)25-36-28-59(31-45(69)70)22-21-57(29-43(65)66)19-20-58(30-44(67)68)23-24-61(36)32-46(71)72/h9-12,35-36,38-39H,1-8,13-32H2,(H,63,64)(H,65,66)(H,67,68)(H,69,70)(H,71,72)(H,73,74)(H,75,76)(H,77,78)(H2,52,53,79)/t35?,36?,38-,39-/m0/s1. The van der Waals surface area contributed by atoms with E-state index < -0.39 is 116 Å². The third-order valence-corrected chi connectivity index (χ3v) is 13.6. The van der Waals surface area contributed by atoms with Gasteiger partial charge in [0, 0.05) is 97.0 Å². The van der Waals surface area contributed by atoms with Crippen LogP contribution in [0, 0.1) is 5.92 Å². The molecule has 2 unspecified atom stereocenters. The number of urea groups is 1. The number of carboxylic acids is 8. The predicted octanol–water partition coefficient (Wildman–Crippen LogP) is 0.537. The first kappa shape index (κ1) is 64.1. The van der Waals surface area contributed by atoms with Gasteiger partial charge in [0.25, 0.3) is 0 Å². The summed E-state index contributed by atoms with van der Waals surface area (Å²) < 4.78 is 0. The van der Waals surface area contributed by atoms with E-state index in [9.17, 15) is 83.7 Å². The largest absolute Gasteiger partial charge is 0.481 e. The number of aliphatic carboxylic acids is 8. The molecule has 4 atom stereocenters. The molecule has 2 aromatic rings. The second kappa shape index (κ2) is 33.1. The van der Waals surface area contributed by atoms with Crippen LogP contribution in [0.2, 0.25) is 0 Å². The number of unbranched alkanes of at least 4 members (excludes halogenated alkanes) is 2. The highest BCUT2D eigenvalue weighted by Gasteiger charge is 2.30. The first-order chi connectivity index (χ1) is 37.5. The Hall–Kier alpha value is -7.43. The molecule has 436 valence electrons. The molecule has 0 saturated carbocycles. The normalized spacial score (nSPS) is 17.5. The number of carbonyl (C=O) groups excluding carboxylic acids is 2. The fourth-order valence-electron chi connectivity index (χ4n) is 9.47. The number of aromatic nitrogens is 3. The molecule has 0 aliphatic carbocycles. The van der Waals surface area contributed by atoms with Gasteiger partial charge in [-0.3, -0.25) is 53.2 Å². The van der Waals surface area contributed by atoms with E-state index in [0.29, 0.717) is 56.1 Å². The molecule has 79 heavy (non-hydrogen) atoms. The molecule has 10 N–H and O–H groups in total. The number of carbonyl (C=O) groups is 10. The molecule has 2 amide bonds. The zero-order valence-corrected chi connectivity index (χ0v) is 44.2. The van der Waals surface area contributed by atoms with Crippen molar-refractivity contribution in [3.63, 3.8) is 0 Å². The highest BCUT2D eigenvalue weighted by Crippen LogP contribution is 2.21. The van der Waals surface area contributed by atoms with Gasteiger partial charge in [-0.1, -0.05) is 37.1 Å². The van der Waals surface area contributed by atoms with Crippen molar-refractivity contribution in [2.45, 2.75) is 114 Å². The lowest BCUT2D eigenvalue weighted by molar-refractivity contribution is -0.144. The molecular formula is C51H74N10O18. The van der Waals surface area contributed by atoms with E-state index in [0.717, 1.165) is 43.5 Å². The van der Waals surface area contributed by atoms with Crippen molar-refractivity contribution in [2.75, 3.05) is 90.0 Å². The zero-order valence-electron chi connectivity index (χ0n) is 44.2. The average molecular weight is 1120 g/mol. The van der Waals surface area contributed by atoms with Crippen LogP contribution in [-0.4, -0.2) is 238 Å². The quantitative estimate of drug-likeness (QED) is 0.0447. The van der Waals surface area contributed by atoms with Crippen molar-refractivity contribution >= 4 is 65.5 Å². The number of ketones is 1. The summed E-state index contributed by atoms with van der Waals surface area (Å²) in [6.07, 6.45) is 3.56. The van der Waals surface area contributed by atoms with E-state index in [-0.39, 0.29) is 78.3 Å². The second-order valence-electron chi connectivity index (χ2n) is 19.9. The first-order valence-electron chi connectivity index (χ1n) is 26.4. The third kappa shape index (κ3) is 24.8. The Kier molecular flexibility index (Phi) is 26.9. The number of Topliss-reactive ketones (excluding diaryl/α,β-unsaturated/α-hetero) is 1. The summed E-state index contributed by atoms with van der Waals surface area (Å²) in [6.45, 7) is 1.21. The van der Waals surface area contributed by atoms with E-state index in [1.165, 1.54) is 0 Å². The SMILES string of the molecule is O=C(O)CC[C@H](NC(=O)N[C@@H](CCC(=O)CC(CCCCCc1nc(Cc2ccc(CC3CN(CC(=O)O)CCN(CC(=O)O)CCN(CC(=O)O)CCN3CC(=O)O)cc2)nc(N2CCCCC2)n1)C(=O)O)C(=O)O)C(=O)O. The van der Waals surface area contributed by atoms with Crippen LogP contribution >= 0.6 is 0 Å². The summed E-state index contributed by atoms with van der Waals surface area (Å²) in [5.74, 6) is -10.00. The summed E-state index contributed by atoms with van der Waals surface area (Å²) in [7, 11) is 0. The van der Waals surface area contributed by atoms with Crippen LogP contribution < -0.4 is 15.5 Å². The summed E-state index contributed by atoms with van der Waals surface area (Å²) >= 11 is 0. The molecule has 1 aromatic heterocycles. The van der Waals surface area contributed by atoms with Gasteiger partial charge in [-0.2, -0.15) is 9.97 Å². The van der Waals surface area contributed by atoms with Gasteiger partial charge >= 0.3 is 53.8 Å². The number of aryl methyl sites for hydroxylation is 1. The lowest BCUT2D eigenvalue weighted by atomic mass is 9.93. The molecule has 3 heterocycles. The highest BCUT2D eigenvalue weighted by atomic mass is 16.4. The lowest BCUT2D eigenvalue weighted by Crippen LogP contribution is -2.53. The van der Waals surface area contributed by atoms with Gasteiger partial charge in [-0.05, 0) is 62.5 Å². The smallest absolute Gasteiger partial charge is 0.326 e. The molecule has 0 bridgehead atoms. The Morgan fingerprint density at radius 2 is 1.04 bits per heavy atom. The predicted molar refractivity (Wildman–Crippen MR) is 278 cm³/mol. The molecule has 4 rings (SSSR count). The number of hydrogen-bond acceptors (Lipinski definition) is 18. The van der Waals surface area contributed by atoms with E-state index in [2.05, 4.69) is 10.2 Å². The van der Waals surface area contributed by atoms with E-state index >= 15 is 0 Å². The second-order valence-corrected chi connectivity index (χ2v) is 19.9. The summed E-state index contributed by atoms with van der Waals surface area (Å²) in [6, 6.07) is 2.61. The lowest BCUT2D eigenvalue weighted by Gasteiger charge is -2.37. The van der Waals surface area contributed by atoms with Crippen LogP contribution in [0.5, 0.6) is 0 Å². The van der Waals surface area contributed by atoms with Crippen LogP contribution in [0.4, 0.5) is 10.7 Å². The van der Waals surface area contributed by atoms with Crippen LogP contribution in [-0.2, 0) is 62.4 Å². The number of nitrogens with one attached hydrogen (secondary N) is 2. The summed E-state index contributed by atoms with van der Waals surface area (Å²) in [4.78, 5) is 143. The maximum absolute atomic E-state index is 12.9. The van der Waals surface area contributed by atoms with Crippen LogP contribution in [0.25, 0.3) is 0 Å². The van der Waals surface area contributed by atoms with Crippen molar-refractivity contribution in [3.8, 4) is 0 Å². The Morgan fingerprint density at radius 1 is 0.519 bits per heavy atom. The number of piperidine rings is 1. The van der Waals surface area contributed by atoms with Gasteiger partial charge in [0.1, 0.15) is 29.5 Å². The van der Waals surface area contributed by atoms with Crippen molar-refractivity contribution < 1.29 is 88.8 Å². The molecule has 2 aliphatic heterocycles. The monoisotopic (exact) mass is 1110 g/mol. The number of carboxylic acid groups (broad SMARTS) is 8. The molecule has 2 aliphatic rings. The van der Waals surface area contributed by atoms with Gasteiger partial charge in [0.2, 0.25) is 5.95 Å². The Balaban J connectivity index is 1.41. The van der Waals surface area contributed by atoms with Crippen LogP contribution in [0.3, 0.4) is 0 Å². The maximum Gasteiger partial charge on any atom is 0.326 e. The Labute approximate surface area is 455 Å². The van der Waals surface area contributed by atoms with Crippen LogP contribution in [0.15, 0.2) is 24.3 Å². The topological polar surface area (TPSA) is 411 Å². The molecule has 2 fully saturated rings. The molecular weight excluding hydrogens is 1040 g/mol. The minimum absolute atomic E-state index is 0.121. The Bertz CT molecular complexity index is 2410. The number of rotatable bonds is 32. The molecule has 28 heteroatoms. The highest BCUT2D eigenvalue weighted by molar-refractivity contribution is 5.87. The fourth-order valence-corrected chi connectivity index (χ4v) is 9.47. The van der Waals surface area contributed by atoms with Crippen molar-refractivity contribution in [2.24, 2.45) is 5.92 Å². The van der Waals surface area contributed by atoms with Gasteiger partial charge in [-0.15, -0.1) is 0 Å². The van der Waals surface area contributed by atoms with Crippen molar-refractivity contribution in [1.29, 1.82) is 0 Å². The molecule has 0 spiro atoms. The van der Waals surface area contributed by atoms with E-state index in [1.54, 1.807) is 19.6 Å². The summed E-state index contributed by atoms with van der Waals surface area (Å²) in [5.41, 5.74) is 1.67. The minimum atomic E-state index is -1.63. The number of anilines is 1. The average Bonchev–Trinajstić information content (AvgIpc) is 3.37. The maximum atomic E-state index is 12.9. The van der Waals surface area contributed by atoms with Crippen LogP contribution in [0.1, 0.15) is 99.8 Å². The number of hydrogen-bond donors (Lipinski definition) is 10. The van der Waals surface area contributed by atoms with E-state index in [1.807, 2.05) is 29.6 Å². The first-order valence-corrected chi connectivity index (χ1v) is 26.4.